The molecule has 1 unspecified atom stereocenters. The van der Waals surface area contributed by atoms with Crippen molar-refractivity contribution in [2.24, 2.45) is 20.8 Å². The quantitative estimate of drug-likeness (QED) is 0.349. The van der Waals surface area contributed by atoms with Gasteiger partial charge in [-0.15, -0.1) is 0 Å². The first-order valence-electron chi connectivity index (χ1n) is 15.3. The minimum Gasteiger partial charge on any atom is -0.463 e. The molecule has 2 N–H and O–H groups in total. The number of hydrogen-bond donors (Lipinski definition) is 2. The summed E-state index contributed by atoms with van der Waals surface area (Å²) in [6.07, 6.45) is 3.83. The van der Waals surface area contributed by atoms with Crippen LogP contribution >= 0.6 is 0 Å². The molecule has 6 nitrogen and oxygen atoms in total. The van der Waals surface area contributed by atoms with E-state index in [0.717, 1.165) is 74.3 Å². The van der Waals surface area contributed by atoms with E-state index in [-0.39, 0.29) is 23.4 Å². The van der Waals surface area contributed by atoms with E-state index in [2.05, 4.69) is 109 Å². The fourth-order valence-electron chi connectivity index (χ4n) is 7.24. The summed E-state index contributed by atoms with van der Waals surface area (Å²) in [4.78, 5) is 30.9. The predicted molar refractivity (Wildman–Crippen MR) is 176 cm³/mol. The van der Waals surface area contributed by atoms with Gasteiger partial charge < -0.3 is 14.7 Å². The van der Waals surface area contributed by atoms with Gasteiger partial charge in [-0.25, -0.2) is 0 Å². The van der Waals surface area contributed by atoms with Crippen LogP contribution < -0.4 is 10.7 Å². The number of carbonyl (C=O) groups is 1. The monoisotopic (exact) mass is 576 g/mol. The van der Waals surface area contributed by atoms with E-state index in [1.807, 2.05) is 0 Å². The zero-order chi connectivity index (χ0) is 31.1. The van der Waals surface area contributed by atoms with Gasteiger partial charge in [0.05, 0.1) is 17.1 Å². The highest BCUT2D eigenvalue weighted by molar-refractivity contribution is 6.19. The molecule has 3 aliphatic heterocycles. The van der Waals surface area contributed by atoms with Gasteiger partial charge in [0.1, 0.15) is 12.1 Å². The third-order valence-electron chi connectivity index (χ3n) is 10.4. The van der Waals surface area contributed by atoms with E-state index < -0.39 is 5.54 Å². The second-order valence-electron chi connectivity index (χ2n) is 14.1. The lowest BCUT2D eigenvalue weighted by Crippen LogP contribution is -2.42. The molecule has 5 heterocycles. The van der Waals surface area contributed by atoms with Crippen LogP contribution in [0.2, 0.25) is 0 Å². The summed E-state index contributed by atoms with van der Waals surface area (Å²) in [6, 6.07) is 10.6. The SMILES string of the molecule is CC(=O)OCC12N=C(CC1(C)C)/C(C)=c1\[nH]/c(c(C)c1C)=C\C1=NC(=C(/c3ccccc3)c3[nH]c2c(C)c3C)/CC1(C)C. The summed E-state index contributed by atoms with van der Waals surface area (Å²) in [5, 5.41) is 2.20. The Morgan fingerprint density at radius 1 is 0.907 bits per heavy atom. The Hall–Kier alpha value is -3.93. The number of aromatic amines is 2. The number of benzene rings is 1. The second-order valence-corrected chi connectivity index (χ2v) is 14.1. The van der Waals surface area contributed by atoms with Gasteiger partial charge in [-0.2, -0.15) is 0 Å². The Morgan fingerprint density at radius 3 is 2.28 bits per heavy atom. The highest BCUT2D eigenvalue weighted by atomic mass is 16.5. The Balaban J connectivity index is 1.79. The van der Waals surface area contributed by atoms with E-state index in [9.17, 15) is 4.79 Å². The third kappa shape index (κ3) is 4.40. The molecule has 0 fully saturated rings. The first kappa shape index (κ1) is 29.2. The summed E-state index contributed by atoms with van der Waals surface area (Å²) < 4.78 is 5.86. The predicted octanol–water partition coefficient (Wildman–Crippen LogP) is 6.50. The van der Waals surface area contributed by atoms with Crippen molar-refractivity contribution in [1.29, 1.82) is 0 Å². The lowest BCUT2D eigenvalue weighted by molar-refractivity contribution is -0.144. The zero-order valence-electron chi connectivity index (χ0n) is 27.3. The van der Waals surface area contributed by atoms with Gasteiger partial charge in [-0.3, -0.25) is 14.8 Å². The normalized spacial score (nSPS) is 25.8. The standard InChI is InChI=1S/C37H44N4O2/c1-20-21(2)32-24(5)28-18-36(9,10)37(41-28,19-43-25(6)42)34-23(4)22(3)33(40-34)31(26-14-12-11-13-15-26)29-17-35(7,8)30(38-29)16-27(20)39-32/h11-16,39-40H,17-19H2,1-10H3/b27-16-,31-29-,32-24-. The van der Waals surface area contributed by atoms with Gasteiger partial charge in [-0.1, -0.05) is 58.0 Å². The molecule has 0 amide bonds. The Morgan fingerprint density at radius 2 is 1.60 bits per heavy atom. The van der Waals surface area contributed by atoms with Gasteiger partial charge in [-0.05, 0) is 80.5 Å². The summed E-state index contributed by atoms with van der Waals surface area (Å²) >= 11 is 0. The number of allylic oxidation sites excluding steroid dienone is 1. The number of hydrogen-bond acceptors (Lipinski definition) is 4. The lowest BCUT2D eigenvalue weighted by atomic mass is 9.69. The van der Waals surface area contributed by atoms with Crippen molar-refractivity contribution >= 4 is 34.6 Å². The molecule has 8 bridgehead atoms. The van der Waals surface area contributed by atoms with Crippen molar-refractivity contribution in [3.8, 4) is 0 Å². The Labute approximate surface area is 254 Å². The highest BCUT2D eigenvalue weighted by Crippen LogP contribution is 2.53. The van der Waals surface area contributed by atoms with E-state index in [1.165, 1.54) is 23.6 Å². The summed E-state index contributed by atoms with van der Waals surface area (Å²) in [7, 11) is 0. The maximum absolute atomic E-state index is 12.3. The topological polar surface area (TPSA) is 82.6 Å². The number of esters is 1. The van der Waals surface area contributed by atoms with E-state index in [4.69, 9.17) is 14.7 Å². The summed E-state index contributed by atoms with van der Waals surface area (Å²) in [5.41, 5.74) is 12.1. The van der Waals surface area contributed by atoms with Gasteiger partial charge in [0.25, 0.3) is 0 Å². The largest absolute Gasteiger partial charge is 0.463 e. The molecular formula is C37H44N4O2. The Bertz CT molecular complexity index is 1890. The minimum atomic E-state index is -0.789. The van der Waals surface area contributed by atoms with Crippen LogP contribution in [0.5, 0.6) is 0 Å². The number of carbonyl (C=O) groups excluding carboxylic acids is 1. The van der Waals surface area contributed by atoms with Crippen molar-refractivity contribution in [2.45, 2.75) is 87.6 Å². The van der Waals surface area contributed by atoms with Gasteiger partial charge in [0, 0.05) is 51.9 Å². The molecule has 0 radical (unpaired) electrons. The molecule has 43 heavy (non-hydrogen) atoms. The van der Waals surface area contributed by atoms with Crippen molar-refractivity contribution in [3.63, 3.8) is 0 Å². The van der Waals surface area contributed by atoms with Crippen molar-refractivity contribution < 1.29 is 9.53 Å². The minimum absolute atomic E-state index is 0.142. The second kappa shape index (κ2) is 9.80. The highest BCUT2D eigenvalue weighted by Gasteiger charge is 2.54. The van der Waals surface area contributed by atoms with Crippen LogP contribution in [0, 0.1) is 38.5 Å². The molecule has 0 saturated heterocycles. The number of fused-ring (bicyclic) bond motifs is 7. The molecule has 2 aromatic heterocycles. The number of H-pyrrole nitrogens is 2. The maximum Gasteiger partial charge on any atom is 0.302 e. The number of ether oxygens (including phenoxy) is 1. The fraction of sp³-hybridized carbons (Fsp3) is 0.432. The summed E-state index contributed by atoms with van der Waals surface area (Å²) in [6.45, 7) is 21.6. The van der Waals surface area contributed by atoms with E-state index >= 15 is 0 Å². The summed E-state index contributed by atoms with van der Waals surface area (Å²) in [5.74, 6) is -0.301. The number of nitrogens with one attached hydrogen (secondary N) is 2. The average Bonchev–Trinajstić information content (AvgIpc) is 3.60. The van der Waals surface area contributed by atoms with Gasteiger partial charge in [0.15, 0.2) is 0 Å². The number of nitrogens with zero attached hydrogens (tertiary/aromatic N) is 2. The molecular weight excluding hydrogens is 532 g/mol. The molecule has 3 aliphatic rings. The Kier molecular flexibility index (Phi) is 6.64. The molecule has 6 heteroatoms. The van der Waals surface area contributed by atoms with Gasteiger partial charge in [0.2, 0.25) is 0 Å². The van der Waals surface area contributed by atoms with Crippen molar-refractivity contribution in [2.75, 3.05) is 6.61 Å². The molecule has 224 valence electrons. The first-order valence-corrected chi connectivity index (χ1v) is 15.3. The molecule has 0 aliphatic carbocycles. The number of aliphatic imine (C=N–C) groups is 2. The number of aromatic nitrogens is 2. The van der Waals surface area contributed by atoms with Crippen LogP contribution in [0.15, 0.2) is 46.0 Å². The number of rotatable bonds is 3. The van der Waals surface area contributed by atoms with Crippen molar-refractivity contribution in [3.05, 3.63) is 85.9 Å². The molecule has 0 spiro atoms. The fourth-order valence-corrected chi connectivity index (χ4v) is 7.24. The maximum atomic E-state index is 12.3. The van der Waals surface area contributed by atoms with E-state index in [1.54, 1.807) is 0 Å². The molecule has 0 saturated carbocycles. The molecule has 1 atom stereocenters. The van der Waals surface area contributed by atoms with Gasteiger partial charge >= 0.3 is 5.97 Å². The molecule has 1 aromatic carbocycles. The van der Waals surface area contributed by atoms with Crippen LogP contribution in [0.25, 0.3) is 17.2 Å². The molecule has 6 rings (SSSR count). The first-order chi connectivity index (χ1) is 20.2. The van der Waals surface area contributed by atoms with Crippen molar-refractivity contribution in [1.82, 2.24) is 9.97 Å². The van der Waals surface area contributed by atoms with Crippen LogP contribution in [-0.2, 0) is 15.1 Å². The zero-order valence-corrected chi connectivity index (χ0v) is 27.3. The average molecular weight is 577 g/mol. The van der Waals surface area contributed by atoms with Crippen LogP contribution in [-0.4, -0.2) is 34.0 Å². The van der Waals surface area contributed by atoms with Crippen LogP contribution in [0.1, 0.15) is 93.6 Å². The van der Waals surface area contributed by atoms with Crippen LogP contribution in [0.4, 0.5) is 0 Å². The van der Waals surface area contributed by atoms with E-state index in [0.29, 0.717) is 0 Å². The lowest BCUT2D eigenvalue weighted by Gasteiger charge is -2.38. The smallest absolute Gasteiger partial charge is 0.302 e. The third-order valence-corrected chi connectivity index (χ3v) is 10.4. The molecule has 3 aromatic rings. The van der Waals surface area contributed by atoms with Crippen LogP contribution in [0.3, 0.4) is 0 Å².